The van der Waals surface area contributed by atoms with Gasteiger partial charge in [-0.05, 0) is 9.13 Å². The van der Waals surface area contributed by atoms with E-state index in [9.17, 15) is 18.9 Å². The van der Waals surface area contributed by atoms with Crippen molar-refractivity contribution in [2.75, 3.05) is 0 Å². The van der Waals surface area contributed by atoms with Crippen molar-refractivity contribution >= 4 is 16.5 Å². The minimum atomic E-state index is -3.24. The van der Waals surface area contributed by atoms with Crippen LogP contribution in [0.15, 0.2) is 0 Å². The molecule has 0 aromatic heterocycles. The molecule has 0 saturated heterocycles. The van der Waals surface area contributed by atoms with Crippen LogP contribution in [0.25, 0.3) is 0 Å². The monoisotopic (exact) mass is 211 g/mol. The Balaban J connectivity index is -0.0000000600. The molecule has 0 saturated carbocycles. The van der Waals surface area contributed by atoms with Gasteiger partial charge in [0.05, 0.1) is 0 Å². The van der Waals surface area contributed by atoms with Gasteiger partial charge in [0.2, 0.25) is 0 Å². The molecule has 0 spiro atoms. The van der Waals surface area contributed by atoms with Crippen LogP contribution in [-0.4, -0.2) is 0 Å². The molecule has 0 radical (unpaired) electrons. The van der Waals surface area contributed by atoms with Gasteiger partial charge in [-0.2, -0.15) is 0 Å². The molecule has 0 aliphatic rings. The van der Waals surface area contributed by atoms with E-state index in [-0.39, 0.29) is 88.7 Å². The van der Waals surface area contributed by atoms with Crippen molar-refractivity contribution in [3.63, 3.8) is 0 Å². The second kappa shape index (κ2) is 14.6. The zero-order chi connectivity index (χ0) is 5.86. The van der Waals surface area contributed by atoms with Crippen LogP contribution in [0, 0.1) is 0 Å². The Hall–Kier alpha value is 3.08. The zero-order valence-electron chi connectivity index (χ0n) is 5.94. The van der Waals surface area contributed by atoms with Crippen LogP contribution in [0.5, 0.6) is 0 Å². The molecule has 40 valence electrons. The first kappa shape index (κ1) is 23.2. The second-order valence-electron chi connectivity index (χ2n) is 0.529. The van der Waals surface area contributed by atoms with E-state index in [2.05, 4.69) is 4.31 Å². The van der Waals surface area contributed by atoms with E-state index in [0.717, 1.165) is 0 Å². The van der Waals surface area contributed by atoms with Gasteiger partial charge in [0, 0.05) is 0 Å². The van der Waals surface area contributed by atoms with Gasteiger partial charge < -0.3 is 9.79 Å². The number of hydrogen-bond donors (Lipinski definition) is 0. The molecule has 5 nitrogen and oxygen atoms in total. The Kier molecular flexibility index (Phi) is 33.8. The van der Waals surface area contributed by atoms with E-state index in [1.165, 1.54) is 0 Å². The summed E-state index contributed by atoms with van der Waals surface area (Å²) in [6.07, 6.45) is 0. The topological polar surface area (TPSA) is 89.5 Å². The normalized spacial score (nSPS) is 9.40. The molecule has 0 amide bonds. The van der Waals surface area contributed by atoms with E-state index in [1.54, 1.807) is 0 Å². The minimum absolute atomic E-state index is 0. The fourth-order valence-electron chi connectivity index (χ4n) is 0.0544. The third kappa shape index (κ3) is 22.5. The average molecular weight is 211 g/mol. The van der Waals surface area contributed by atoms with Crippen LogP contribution in [0.2, 0.25) is 0 Å². The fraction of sp³-hybridized carbons (Fsp3) is 0. The molecule has 2 unspecified atom stereocenters. The van der Waals surface area contributed by atoms with E-state index < -0.39 is 16.5 Å². The molecule has 0 N–H and O–H groups in total. The van der Waals surface area contributed by atoms with Crippen molar-refractivity contribution in [2.45, 2.75) is 0 Å². The third-order valence-corrected chi connectivity index (χ3v) is 1.20. The van der Waals surface area contributed by atoms with Crippen LogP contribution in [0.3, 0.4) is 0 Å². The predicted octanol–water partition coefficient (Wildman–Crippen LogP) is -9.95. The van der Waals surface area contributed by atoms with Crippen molar-refractivity contribution in [1.82, 2.24) is 0 Å². The quantitative estimate of drug-likeness (QED) is 0.334. The minimum Gasteiger partial charge on any atom is -0.563 e. The standard InChI is InChI=1S/3Na.O5P2/c;;;1-6(2)5-7(3)4/q3*+1;. The summed E-state index contributed by atoms with van der Waals surface area (Å²) in [6, 6.07) is 0. The van der Waals surface area contributed by atoms with Crippen molar-refractivity contribution in [2.24, 2.45) is 0 Å². The molecule has 0 aliphatic carbocycles. The average Bonchev–Trinajstić information content (AvgIpc) is 1.27. The fourth-order valence-corrected chi connectivity index (χ4v) is 0.490. The van der Waals surface area contributed by atoms with Gasteiger partial charge >= 0.3 is 105 Å². The largest absolute Gasteiger partial charge is 1.00 e. The summed E-state index contributed by atoms with van der Waals surface area (Å²) in [4.78, 5) is 18.5. The molecular formula is Na3O5P2+3. The van der Waals surface area contributed by atoms with E-state index in [4.69, 9.17) is 0 Å². The third-order valence-electron chi connectivity index (χ3n) is 0.133. The molecular weight excluding hydrogens is 211 g/mol. The molecule has 0 bridgehead atoms. The summed E-state index contributed by atoms with van der Waals surface area (Å²) >= 11 is 0. The Morgan fingerprint density at radius 1 is 0.900 bits per heavy atom. The molecule has 0 aromatic carbocycles. The molecule has 10 heavy (non-hydrogen) atoms. The van der Waals surface area contributed by atoms with Gasteiger partial charge in [-0.25, -0.2) is 0 Å². The summed E-state index contributed by atoms with van der Waals surface area (Å²) in [5, 5.41) is 0. The van der Waals surface area contributed by atoms with Gasteiger partial charge in [-0.15, -0.1) is 0 Å². The first-order chi connectivity index (χ1) is 3.13. The van der Waals surface area contributed by atoms with Crippen molar-refractivity contribution in [1.29, 1.82) is 0 Å². The summed E-state index contributed by atoms with van der Waals surface area (Å²) in [5.74, 6) is 0. The van der Waals surface area contributed by atoms with Gasteiger partial charge in [0.1, 0.15) is 4.31 Å². The van der Waals surface area contributed by atoms with Crippen LogP contribution >= 0.6 is 16.5 Å². The van der Waals surface area contributed by atoms with Crippen molar-refractivity contribution < 1.29 is 112 Å². The van der Waals surface area contributed by atoms with Crippen LogP contribution < -0.4 is 98.5 Å². The van der Waals surface area contributed by atoms with E-state index in [1.807, 2.05) is 0 Å². The smallest absolute Gasteiger partial charge is 0.563 e. The Bertz CT molecular complexity index is 91.1. The Morgan fingerprint density at radius 3 is 1.10 bits per heavy atom. The van der Waals surface area contributed by atoms with E-state index in [0.29, 0.717) is 0 Å². The van der Waals surface area contributed by atoms with Gasteiger partial charge in [-0.1, -0.05) is 0 Å². The molecule has 0 aliphatic heterocycles. The Morgan fingerprint density at radius 2 is 1.10 bits per heavy atom. The molecule has 0 aromatic rings. The maximum absolute atomic E-state index is 9.24. The van der Waals surface area contributed by atoms with Gasteiger partial charge in [0.15, 0.2) is 0 Å². The number of hydrogen-bond acceptors (Lipinski definition) is 5. The second-order valence-corrected chi connectivity index (χ2v) is 2.08. The van der Waals surface area contributed by atoms with Crippen LogP contribution in [-0.2, 0) is 13.4 Å². The molecule has 0 fully saturated rings. The Labute approximate surface area is 126 Å². The van der Waals surface area contributed by atoms with Crippen molar-refractivity contribution in [3.05, 3.63) is 0 Å². The summed E-state index contributed by atoms with van der Waals surface area (Å²) in [5.41, 5.74) is 0. The summed E-state index contributed by atoms with van der Waals surface area (Å²) in [6.45, 7) is 0. The molecule has 0 rings (SSSR count). The van der Waals surface area contributed by atoms with Gasteiger partial charge in [0.25, 0.3) is 0 Å². The summed E-state index contributed by atoms with van der Waals surface area (Å²) < 4.78 is 21.6. The van der Waals surface area contributed by atoms with Crippen LogP contribution in [0.4, 0.5) is 0 Å². The predicted molar refractivity (Wildman–Crippen MR) is 16.3 cm³/mol. The van der Waals surface area contributed by atoms with E-state index >= 15 is 0 Å². The number of rotatable bonds is 2. The molecule has 2 atom stereocenters. The first-order valence-electron chi connectivity index (χ1n) is 1.10. The molecule has 0 heterocycles. The first-order valence-corrected chi connectivity index (χ1v) is 3.29. The summed E-state index contributed by atoms with van der Waals surface area (Å²) in [7, 11) is -6.47. The maximum atomic E-state index is 9.24. The van der Waals surface area contributed by atoms with Crippen molar-refractivity contribution in [3.8, 4) is 0 Å². The SMILES string of the molecule is O=[P+]([O-])O[P+](=O)[O-].[Na+].[Na+].[Na+]. The molecule has 10 heteroatoms. The van der Waals surface area contributed by atoms with Crippen LogP contribution in [0.1, 0.15) is 0 Å². The zero-order valence-corrected chi connectivity index (χ0v) is 13.7. The maximum Gasteiger partial charge on any atom is 1.00 e. The van der Waals surface area contributed by atoms with Gasteiger partial charge in [-0.3, -0.25) is 0 Å².